The lowest BCUT2D eigenvalue weighted by atomic mass is 9.95. The molecule has 1 unspecified atom stereocenters. The zero-order valence-corrected chi connectivity index (χ0v) is 14.5. The van der Waals surface area contributed by atoms with E-state index < -0.39 is 5.92 Å². The van der Waals surface area contributed by atoms with Crippen LogP contribution < -0.4 is 10.1 Å². The molecule has 0 spiro atoms. The molecule has 0 aliphatic carbocycles. The lowest BCUT2D eigenvalue weighted by Crippen LogP contribution is -2.14. The van der Waals surface area contributed by atoms with E-state index in [2.05, 4.69) is 20.4 Å². The SMILES string of the molecule is COc1ccc2c(c1)C(c1ncnc3nn(-c4ccccc4)cc13)C(=O)N2. The van der Waals surface area contributed by atoms with Crippen LogP contribution in [-0.2, 0) is 4.79 Å². The number of fused-ring (bicyclic) bond motifs is 2. The number of para-hydroxylation sites is 1. The monoisotopic (exact) mass is 357 g/mol. The molecule has 0 radical (unpaired) electrons. The van der Waals surface area contributed by atoms with E-state index in [0.29, 0.717) is 17.1 Å². The van der Waals surface area contributed by atoms with Crippen molar-refractivity contribution in [3.05, 3.63) is 72.3 Å². The van der Waals surface area contributed by atoms with Crippen molar-refractivity contribution < 1.29 is 9.53 Å². The molecule has 0 saturated carbocycles. The van der Waals surface area contributed by atoms with Crippen molar-refractivity contribution in [2.45, 2.75) is 5.92 Å². The van der Waals surface area contributed by atoms with Crippen molar-refractivity contribution in [2.24, 2.45) is 0 Å². The summed E-state index contributed by atoms with van der Waals surface area (Å²) < 4.78 is 7.07. The number of carbonyl (C=O) groups excluding carboxylic acids is 1. The number of amides is 1. The van der Waals surface area contributed by atoms with Crippen LogP contribution >= 0.6 is 0 Å². The fourth-order valence-electron chi connectivity index (χ4n) is 3.44. The molecule has 7 nitrogen and oxygen atoms in total. The highest BCUT2D eigenvalue weighted by Gasteiger charge is 2.35. The molecule has 1 amide bonds. The zero-order valence-electron chi connectivity index (χ0n) is 14.5. The first kappa shape index (κ1) is 15.5. The summed E-state index contributed by atoms with van der Waals surface area (Å²) in [4.78, 5) is 21.4. The number of methoxy groups -OCH3 is 1. The van der Waals surface area contributed by atoms with Gasteiger partial charge in [-0.1, -0.05) is 18.2 Å². The van der Waals surface area contributed by atoms with Gasteiger partial charge in [0.15, 0.2) is 5.65 Å². The molecule has 1 N–H and O–H groups in total. The maximum Gasteiger partial charge on any atom is 0.238 e. The van der Waals surface area contributed by atoms with E-state index in [1.165, 1.54) is 6.33 Å². The molecular weight excluding hydrogens is 342 g/mol. The summed E-state index contributed by atoms with van der Waals surface area (Å²) in [6, 6.07) is 15.3. The molecule has 132 valence electrons. The van der Waals surface area contributed by atoms with Gasteiger partial charge in [0, 0.05) is 11.9 Å². The predicted octanol–water partition coefficient (Wildman–Crippen LogP) is 2.91. The van der Waals surface area contributed by atoms with E-state index in [0.717, 1.165) is 22.3 Å². The van der Waals surface area contributed by atoms with Gasteiger partial charge < -0.3 is 10.1 Å². The fourth-order valence-corrected chi connectivity index (χ4v) is 3.44. The highest BCUT2D eigenvalue weighted by molar-refractivity contribution is 6.06. The van der Waals surface area contributed by atoms with Gasteiger partial charge in [0.2, 0.25) is 5.91 Å². The summed E-state index contributed by atoms with van der Waals surface area (Å²) in [6.45, 7) is 0. The molecule has 1 aliphatic rings. The Hall–Kier alpha value is -3.74. The van der Waals surface area contributed by atoms with Gasteiger partial charge >= 0.3 is 0 Å². The van der Waals surface area contributed by atoms with E-state index in [-0.39, 0.29) is 5.91 Å². The largest absolute Gasteiger partial charge is 0.497 e. The highest BCUT2D eigenvalue weighted by atomic mass is 16.5. The topological polar surface area (TPSA) is 81.9 Å². The van der Waals surface area contributed by atoms with E-state index in [9.17, 15) is 4.79 Å². The maximum atomic E-state index is 12.7. The average Bonchev–Trinajstić information content (AvgIpc) is 3.28. The molecule has 2 aromatic heterocycles. The normalized spacial score (nSPS) is 15.6. The minimum absolute atomic E-state index is 0.120. The predicted molar refractivity (Wildman–Crippen MR) is 100 cm³/mol. The number of rotatable bonds is 3. The number of nitrogens with zero attached hydrogens (tertiary/aromatic N) is 4. The summed E-state index contributed by atoms with van der Waals surface area (Å²) in [5, 5.41) is 8.20. The second-order valence-corrected chi connectivity index (χ2v) is 6.28. The summed E-state index contributed by atoms with van der Waals surface area (Å²) in [5.74, 6) is 0.0419. The van der Waals surface area contributed by atoms with Crippen LogP contribution in [0.2, 0.25) is 0 Å². The number of carbonyl (C=O) groups is 1. The van der Waals surface area contributed by atoms with E-state index in [1.807, 2.05) is 54.7 Å². The highest BCUT2D eigenvalue weighted by Crippen LogP contribution is 2.40. The Labute approximate surface area is 154 Å². The Morgan fingerprint density at radius 3 is 2.78 bits per heavy atom. The van der Waals surface area contributed by atoms with Crippen molar-refractivity contribution in [3.63, 3.8) is 0 Å². The molecule has 0 bridgehead atoms. The number of aromatic nitrogens is 4. The van der Waals surface area contributed by atoms with Gasteiger partial charge in [-0.15, -0.1) is 5.10 Å². The van der Waals surface area contributed by atoms with Crippen molar-refractivity contribution in [3.8, 4) is 11.4 Å². The number of hydrogen-bond acceptors (Lipinski definition) is 5. The average molecular weight is 357 g/mol. The first-order valence-corrected chi connectivity index (χ1v) is 8.49. The molecule has 3 heterocycles. The van der Waals surface area contributed by atoms with Gasteiger partial charge in [-0.2, -0.15) is 0 Å². The zero-order chi connectivity index (χ0) is 18.4. The Balaban J connectivity index is 1.68. The van der Waals surface area contributed by atoms with E-state index in [1.54, 1.807) is 11.8 Å². The third-order valence-corrected chi connectivity index (χ3v) is 4.73. The second-order valence-electron chi connectivity index (χ2n) is 6.28. The second kappa shape index (κ2) is 5.91. The Morgan fingerprint density at radius 2 is 1.96 bits per heavy atom. The van der Waals surface area contributed by atoms with Crippen LogP contribution in [0.3, 0.4) is 0 Å². The van der Waals surface area contributed by atoms with Crippen molar-refractivity contribution in [1.82, 2.24) is 19.7 Å². The molecule has 27 heavy (non-hydrogen) atoms. The lowest BCUT2D eigenvalue weighted by Gasteiger charge is -2.10. The van der Waals surface area contributed by atoms with Gasteiger partial charge in [0.25, 0.3) is 0 Å². The summed E-state index contributed by atoms with van der Waals surface area (Å²) >= 11 is 0. The first-order chi connectivity index (χ1) is 13.2. The van der Waals surface area contributed by atoms with Crippen LogP contribution in [0.25, 0.3) is 16.7 Å². The van der Waals surface area contributed by atoms with Crippen molar-refractivity contribution in [2.75, 3.05) is 12.4 Å². The van der Waals surface area contributed by atoms with Crippen LogP contribution in [0, 0.1) is 0 Å². The molecule has 1 aliphatic heterocycles. The van der Waals surface area contributed by atoms with Gasteiger partial charge in [-0.05, 0) is 35.9 Å². The van der Waals surface area contributed by atoms with Gasteiger partial charge in [0.05, 0.1) is 23.9 Å². The first-order valence-electron chi connectivity index (χ1n) is 8.49. The summed E-state index contributed by atoms with van der Waals surface area (Å²) in [6.07, 6.45) is 3.32. The van der Waals surface area contributed by atoms with Crippen LogP contribution in [0.4, 0.5) is 5.69 Å². The Morgan fingerprint density at radius 1 is 1.11 bits per heavy atom. The summed E-state index contributed by atoms with van der Waals surface area (Å²) in [5.41, 5.74) is 3.71. The fraction of sp³-hybridized carbons (Fsp3) is 0.100. The number of ether oxygens (including phenoxy) is 1. The van der Waals surface area contributed by atoms with Gasteiger partial charge in [-0.25, -0.2) is 14.6 Å². The molecule has 1 atom stereocenters. The molecule has 0 saturated heterocycles. The quantitative estimate of drug-likeness (QED) is 0.610. The number of nitrogens with one attached hydrogen (secondary N) is 1. The maximum absolute atomic E-state index is 12.7. The number of hydrogen-bond donors (Lipinski definition) is 1. The van der Waals surface area contributed by atoms with Crippen molar-refractivity contribution in [1.29, 1.82) is 0 Å². The summed E-state index contributed by atoms with van der Waals surface area (Å²) in [7, 11) is 1.60. The minimum Gasteiger partial charge on any atom is -0.497 e. The van der Waals surface area contributed by atoms with Crippen molar-refractivity contribution >= 4 is 22.6 Å². The smallest absolute Gasteiger partial charge is 0.238 e. The third-order valence-electron chi connectivity index (χ3n) is 4.73. The van der Waals surface area contributed by atoms with Gasteiger partial charge in [0.1, 0.15) is 18.0 Å². The number of anilines is 1. The van der Waals surface area contributed by atoms with E-state index >= 15 is 0 Å². The standard InChI is InChI=1S/C20H15N5O2/c1-27-13-7-8-16-14(9-13)17(20(26)23-16)18-15-10-25(12-5-3-2-4-6-12)24-19(15)22-11-21-18/h2-11,17H,1H3,(H,23,26). The third kappa shape index (κ3) is 2.43. The Kier molecular flexibility index (Phi) is 3.39. The van der Waals surface area contributed by atoms with Gasteiger partial charge in [-0.3, -0.25) is 4.79 Å². The van der Waals surface area contributed by atoms with Crippen LogP contribution in [0.1, 0.15) is 17.2 Å². The molecule has 4 aromatic rings. The molecule has 2 aromatic carbocycles. The molecule has 0 fully saturated rings. The molecular formula is C20H15N5O2. The van der Waals surface area contributed by atoms with Crippen LogP contribution in [0.5, 0.6) is 5.75 Å². The molecule has 7 heteroatoms. The molecule has 5 rings (SSSR count). The Bertz CT molecular complexity index is 1170. The van der Waals surface area contributed by atoms with E-state index in [4.69, 9.17) is 4.74 Å². The minimum atomic E-state index is -0.533. The number of benzene rings is 2. The lowest BCUT2D eigenvalue weighted by molar-refractivity contribution is -0.116. The van der Waals surface area contributed by atoms with Crippen LogP contribution in [0.15, 0.2) is 61.1 Å². The van der Waals surface area contributed by atoms with Crippen LogP contribution in [-0.4, -0.2) is 32.8 Å².